The Bertz CT molecular complexity index is 560. The lowest BCUT2D eigenvalue weighted by atomic mass is 9.90. The molecule has 2 aliphatic rings. The number of hydrogen-bond acceptors (Lipinski definition) is 4. The SMILES string of the molecule is CC1(c2ccccc2OC(F)F)CN=C(N)N1CC1CC1. The van der Waals surface area contributed by atoms with Crippen molar-refractivity contribution in [2.75, 3.05) is 13.1 Å². The first-order valence-corrected chi connectivity index (χ1v) is 7.12. The number of nitrogens with zero attached hydrogens (tertiary/aromatic N) is 2. The second-order valence-electron chi connectivity index (χ2n) is 5.88. The zero-order chi connectivity index (χ0) is 15.0. The smallest absolute Gasteiger partial charge is 0.387 e. The lowest BCUT2D eigenvalue weighted by Crippen LogP contribution is -2.48. The van der Waals surface area contributed by atoms with Crippen LogP contribution in [-0.2, 0) is 5.54 Å². The molecule has 1 fully saturated rings. The van der Waals surface area contributed by atoms with Crippen molar-refractivity contribution >= 4 is 5.96 Å². The number of hydrogen-bond donors (Lipinski definition) is 1. The molecule has 1 aromatic carbocycles. The van der Waals surface area contributed by atoms with Crippen LogP contribution < -0.4 is 10.5 Å². The Morgan fingerprint density at radius 2 is 2.14 bits per heavy atom. The number of benzene rings is 1. The van der Waals surface area contributed by atoms with E-state index in [2.05, 4.69) is 9.73 Å². The molecule has 21 heavy (non-hydrogen) atoms. The Balaban J connectivity index is 1.93. The lowest BCUT2D eigenvalue weighted by Gasteiger charge is -2.37. The molecule has 0 radical (unpaired) electrons. The van der Waals surface area contributed by atoms with Gasteiger partial charge in [-0.1, -0.05) is 18.2 Å². The maximum atomic E-state index is 12.6. The van der Waals surface area contributed by atoms with Gasteiger partial charge in [0.25, 0.3) is 0 Å². The van der Waals surface area contributed by atoms with E-state index >= 15 is 0 Å². The van der Waals surface area contributed by atoms with Crippen LogP contribution in [-0.4, -0.2) is 30.6 Å². The third-order valence-electron chi connectivity index (χ3n) is 4.24. The van der Waals surface area contributed by atoms with E-state index in [9.17, 15) is 8.78 Å². The highest BCUT2D eigenvalue weighted by atomic mass is 19.3. The van der Waals surface area contributed by atoms with Crippen LogP contribution in [0.3, 0.4) is 0 Å². The summed E-state index contributed by atoms with van der Waals surface area (Å²) in [6, 6.07) is 6.89. The van der Waals surface area contributed by atoms with Crippen molar-refractivity contribution in [1.82, 2.24) is 4.90 Å². The van der Waals surface area contributed by atoms with Crippen molar-refractivity contribution in [2.24, 2.45) is 16.6 Å². The molecule has 0 saturated heterocycles. The molecule has 2 N–H and O–H groups in total. The summed E-state index contributed by atoms with van der Waals surface area (Å²) < 4.78 is 29.9. The minimum absolute atomic E-state index is 0.195. The number of alkyl halides is 2. The van der Waals surface area contributed by atoms with Crippen molar-refractivity contribution in [2.45, 2.75) is 31.9 Å². The molecule has 1 atom stereocenters. The van der Waals surface area contributed by atoms with Gasteiger partial charge in [-0.3, -0.25) is 4.99 Å². The van der Waals surface area contributed by atoms with Crippen LogP contribution in [0, 0.1) is 5.92 Å². The van der Waals surface area contributed by atoms with Crippen LogP contribution in [0.2, 0.25) is 0 Å². The second kappa shape index (κ2) is 5.16. The lowest BCUT2D eigenvalue weighted by molar-refractivity contribution is -0.0515. The van der Waals surface area contributed by atoms with E-state index in [1.165, 1.54) is 12.8 Å². The van der Waals surface area contributed by atoms with Gasteiger partial charge in [0, 0.05) is 12.1 Å². The molecule has 1 heterocycles. The van der Waals surface area contributed by atoms with Crippen molar-refractivity contribution < 1.29 is 13.5 Å². The molecule has 0 amide bonds. The van der Waals surface area contributed by atoms with Gasteiger partial charge in [0.15, 0.2) is 5.96 Å². The summed E-state index contributed by atoms with van der Waals surface area (Å²) in [5, 5.41) is 0. The van der Waals surface area contributed by atoms with Crippen LogP contribution in [0.25, 0.3) is 0 Å². The average molecular weight is 295 g/mol. The summed E-state index contributed by atoms with van der Waals surface area (Å²) in [6.07, 6.45) is 2.38. The molecule has 0 spiro atoms. The number of halogens is 2. The monoisotopic (exact) mass is 295 g/mol. The predicted octanol–water partition coefficient (Wildman–Crippen LogP) is 2.54. The van der Waals surface area contributed by atoms with E-state index in [0.29, 0.717) is 24.0 Å². The Hall–Kier alpha value is -1.85. The summed E-state index contributed by atoms with van der Waals surface area (Å²) in [7, 11) is 0. The number of ether oxygens (including phenoxy) is 1. The average Bonchev–Trinajstić information content (AvgIpc) is 3.21. The van der Waals surface area contributed by atoms with E-state index in [1.807, 2.05) is 24.0 Å². The second-order valence-corrected chi connectivity index (χ2v) is 5.88. The number of para-hydroxylation sites is 1. The van der Waals surface area contributed by atoms with Crippen molar-refractivity contribution in [3.8, 4) is 5.75 Å². The fourth-order valence-corrected chi connectivity index (χ4v) is 2.85. The summed E-state index contributed by atoms with van der Waals surface area (Å²) in [4.78, 5) is 6.35. The van der Waals surface area contributed by atoms with Gasteiger partial charge in [-0.15, -0.1) is 0 Å². The van der Waals surface area contributed by atoms with Crippen molar-refractivity contribution in [3.05, 3.63) is 29.8 Å². The summed E-state index contributed by atoms with van der Waals surface area (Å²) in [6.45, 7) is 0.405. The molecule has 3 rings (SSSR count). The predicted molar refractivity (Wildman–Crippen MR) is 76.3 cm³/mol. The van der Waals surface area contributed by atoms with Gasteiger partial charge >= 0.3 is 6.61 Å². The fourth-order valence-electron chi connectivity index (χ4n) is 2.85. The molecule has 114 valence electrons. The van der Waals surface area contributed by atoms with Gasteiger partial charge in [0.1, 0.15) is 5.75 Å². The maximum Gasteiger partial charge on any atom is 0.387 e. The molecular weight excluding hydrogens is 276 g/mol. The molecule has 1 unspecified atom stereocenters. The first-order valence-electron chi connectivity index (χ1n) is 7.12. The van der Waals surface area contributed by atoms with Crippen molar-refractivity contribution in [3.63, 3.8) is 0 Å². The number of aliphatic imine (C=N–C) groups is 1. The van der Waals surface area contributed by atoms with Crippen LogP contribution in [0.1, 0.15) is 25.3 Å². The molecule has 1 aliphatic carbocycles. The molecule has 1 aliphatic heterocycles. The number of guanidine groups is 1. The Morgan fingerprint density at radius 1 is 1.43 bits per heavy atom. The summed E-state index contributed by atoms with van der Waals surface area (Å²) >= 11 is 0. The standard InChI is InChI=1S/C15H19F2N3O/c1-15(9-19-14(18)20(15)8-10-6-7-10)11-4-2-3-5-12(11)21-13(16)17/h2-5,10,13H,6-9H2,1H3,(H2,18,19). The highest BCUT2D eigenvalue weighted by molar-refractivity contribution is 5.81. The molecular formula is C15H19F2N3O. The number of nitrogens with two attached hydrogens (primary N) is 1. The highest BCUT2D eigenvalue weighted by Gasteiger charge is 2.43. The molecule has 1 aromatic rings. The van der Waals surface area contributed by atoms with Gasteiger partial charge in [0.2, 0.25) is 0 Å². The zero-order valence-electron chi connectivity index (χ0n) is 11.9. The van der Waals surface area contributed by atoms with Gasteiger partial charge in [-0.25, -0.2) is 0 Å². The molecule has 0 bridgehead atoms. The van der Waals surface area contributed by atoms with Crippen LogP contribution in [0.15, 0.2) is 29.3 Å². The highest BCUT2D eigenvalue weighted by Crippen LogP contribution is 2.41. The first-order chi connectivity index (χ1) is 10.0. The minimum atomic E-state index is -2.84. The normalized spacial score (nSPS) is 25.3. The Morgan fingerprint density at radius 3 is 2.81 bits per heavy atom. The molecule has 1 saturated carbocycles. The molecule has 0 aromatic heterocycles. The Kier molecular flexibility index (Phi) is 3.47. The van der Waals surface area contributed by atoms with Gasteiger partial charge < -0.3 is 15.4 Å². The van der Waals surface area contributed by atoms with E-state index in [-0.39, 0.29) is 5.75 Å². The number of rotatable bonds is 5. The molecule has 6 heteroatoms. The third-order valence-corrected chi connectivity index (χ3v) is 4.24. The molecule has 4 nitrogen and oxygen atoms in total. The van der Waals surface area contributed by atoms with Crippen LogP contribution in [0.5, 0.6) is 5.75 Å². The maximum absolute atomic E-state index is 12.6. The van der Waals surface area contributed by atoms with E-state index < -0.39 is 12.2 Å². The Labute approximate surface area is 122 Å². The zero-order valence-corrected chi connectivity index (χ0v) is 11.9. The fraction of sp³-hybridized carbons (Fsp3) is 0.533. The quantitative estimate of drug-likeness (QED) is 0.908. The van der Waals surface area contributed by atoms with Gasteiger partial charge in [0.05, 0.1) is 12.1 Å². The minimum Gasteiger partial charge on any atom is -0.434 e. The van der Waals surface area contributed by atoms with Gasteiger partial charge in [-0.05, 0) is 31.7 Å². The largest absolute Gasteiger partial charge is 0.434 e. The van der Waals surface area contributed by atoms with Crippen LogP contribution in [0.4, 0.5) is 8.78 Å². The van der Waals surface area contributed by atoms with E-state index in [4.69, 9.17) is 5.73 Å². The topological polar surface area (TPSA) is 50.9 Å². The van der Waals surface area contributed by atoms with Gasteiger partial charge in [-0.2, -0.15) is 8.78 Å². The van der Waals surface area contributed by atoms with Crippen LogP contribution >= 0.6 is 0 Å². The summed E-state index contributed by atoms with van der Waals surface area (Å²) in [5.41, 5.74) is 6.18. The van der Waals surface area contributed by atoms with Crippen molar-refractivity contribution in [1.29, 1.82) is 0 Å². The van der Waals surface area contributed by atoms with E-state index in [1.54, 1.807) is 12.1 Å². The summed E-state index contributed by atoms with van der Waals surface area (Å²) in [5.74, 6) is 1.30. The first kappa shape index (κ1) is 14.1. The third kappa shape index (κ3) is 2.66. The van der Waals surface area contributed by atoms with E-state index in [0.717, 1.165) is 6.54 Å².